The molecule has 164 valence electrons. The van der Waals surface area contributed by atoms with Crippen molar-refractivity contribution in [3.05, 3.63) is 88.9 Å². The Bertz CT molecular complexity index is 1080. The average molecular weight is 427 g/mol. The van der Waals surface area contributed by atoms with E-state index in [-0.39, 0.29) is 11.9 Å². The van der Waals surface area contributed by atoms with Crippen molar-refractivity contribution in [3.63, 3.8) is 0 Å². The number of anilines is 1. The normalized spacial score (nSPS) is 19.1. The molecule has 5 rings (SSSR count). The average Bonchev–Trinajstić information content (AvgIpc) is 2.82. The van der Waals surface area contributed by atoms with Crippen LogP contribution < -0.4 is 4.90 Å². The van der Waals surface area contributed by atoms with E-state index in [9.17, 15) is 4.79 Å². The number of aromatic nitrogens is 2. The van der Waals surface area contributed by atoms with Gasteiger partial charge < -0.3 is 0 Å². The van der Waals surface area contributed by atoms with E-state index in [1.165, 1.54) is 18.4 Å². The van der Waals surface area contributed by atoms with Crippen LogP contribution in [0, 0.1) is 6.92 Å². The Kier molecular flexibility index (Phi) is 5.99. The van der Waals surface area contributed by atoms with E-state index in [2.05, 4.69) is 54.3 Å². The maximum Gasteiger partial charge on any atom is 0.228 e. The second-order valence-electron chi connectivity index (χ2n) is 8.90. The van der Waals surface area contributed by atoms with Gasteiger partial charge in [0.05, 0.1) is 12.6 Å². The summed E-state index contributed by atoms with van der Waals surface area (Å²) in [6.45, 7) is 4.58. The number of hydrogen-bond acceptors (Lipinski definition) is 4. The first-order chi connectivity index (χ1) is 15.7. The van der Waals surface area contributed by atoms with E-state index in [4.69, 9.17) is 9.97 Å². The highest BCUT2D eigenvalue weighted by molar-refractivity contribution is 5.95. The van der Waals surface area contributed by atoms with Crippen LogP contribution in [0.2, 0.25) is 0 Å². The fourth-order valence-electron chi connectivity index (χ4n) is 4.97. The minimum atomic E-state index is 0.148. The topological polar surface area (TPSA) is 49.3 Å². The molecule has 0 bridgehead atoms. The molecule has 5 nitrogen and oxygen atoms in total. The Morgan fingerprint density at radius 2 is 1.56 bits per heavy atom. The maximum absolute atomic E-state index is 12.9. The molecule has 32 heavy (non-hydrogen) atoms. The Morgan fingerprint density at radius 1 is 0.875 bits per heavy atom. The number of nitrogens with zero attached hydrogens (tertiary/aromatic N) is 4. The van der Waals surface area contributed by atoms with Gasteiger partial charge in [-0.25, -0.2) is 9.97 Å². The second-order valence-corrected chi connectivity index (χ2v) is 8.90. The Balaban J connectivity index is 1.48. The van der Waals surface area contributed by atoms with E-state index in [0.29, 0.717) is 13.0 Å². The van der Waals surface area contributed by atoms with Gasteiger partial charge >= 0.3 is 0 Å². The van der Waals surface area contributed by atoms with Crippen molar-refractivity contribution in [1.29, 1.82) is 0 Å². The molecule has 1 atom stereocenters. The van der Waals surface area contributed by atoms with Crippen LogP contribution in [0.5, 0.6) is 0 Å². The number of carbonyl (C=O) groups excluding carboxylic acids is 1. The maximum atomic E-state index is 12.9. The molecule has 0 aliphatic carbocycles. The first kappa shape index (κ1) is 20.8. The van der Waals surface area contributed by atoms with Gasteiger partial charge in [-0.05, 0) is 43.9 Å². The number of rotatable bonds is 5. The summed E-state index contributed by atoms with van der Waals surface area (Å²) in [4.78, 5) is 27.3. The Morgan fingerprint density at radius 3 is 2.28 bits per heavy atom. The number of likely N-dealkylation sites (tertiary alicyclic amines) is 1. The zero-order valence-electron chi connectivity index (χ0n) is 18.7. The van der Waals surface area contributed by atoms with E-state index >= 15 is 0 Å². The van der Waals surface area contributed by atoms with E-state index < -0.39 is 0 Å². The number of fused-ring (bicyclic) bond motifs is 1. The molecule has 1 amide bonds. The lowest BCUT2D eigenvalue weighted by atomic mass is 9.98. The Hall–Kier alpha value is -3.05. The van der Waals surface area contributed by atoms with Crippen molar-refractivity contribution >= 4 is 11.7 Å². The van der Waals surface area contributed by atoms with Gasteiger partial charge in [-0.1, -0.05) is 67.1 Å². The molecule has 1 fully saturated rings. The summed E-state index contributed by atoms with van der Waals surface area (Å²) in [5, 5.41) is 0. The molecule has 1 aromatic heterocycles. The smallest absolute Gasteiger partial charge is 0.228 e. The fourth-order valence-corrected chi connectivity index (χ4v) is 4.97. The van der Waals surface area contributed by atoms with Crippen molar-refractivity contribution in [1.82, 2.24) is 14.9 Å². The van der Waals surface area contributed by atoms with Gasteiger partial charge in [0.25, 0.3) is 0 Å². The first-order valence-corrected chi connectivity index (χ1v) is 11.7. The zero-order chi connectivity index (χ0) is 21.9. The van der Waals surface area contributed by atoms with Crippen LogP contribution >= 0.6 is 0 Å². The van der Waals surface area contributed by atoms with Gasteiger partial charge in [-0.2, -0.15) is 0 Å². The third-order valence-electron chi connectivity index (χ3n) is 6.68. The van der Waals surface area contributed by atoms with Crippen molar-refractivity contribution < 1.29 is 4.79 Å². The largest absolute Gasteiger partial charge is 0.292 e. The van der Waals surface area contributed by atoms with Gasteiger partial charge in [0.15, 0.2) is 0 Å². The van der Waals surface area contributed by atoms with Crippen LogP contribution in [0.1, 0.15) is 59.9 Å². The number of benzene rings is 2. The van der Waals surface area contributed by atoms with Crippen molar-refractivity contribution in [2.75, 3.05) is 11.4 Å². The summed E-state index contributed by atoms with van der Waals surface area (Å²) in [7, 11) is 0. The number of piperidine rings is 1. The summed E-state index contributed by atoms with van der Waals surface area (Å²) < 4.78 is 0. The molecule has 0 spiro atoms. The highest BCUT2D eigenvalue weighted by Gasteiger charge is 2.32. The number of carbonyl (C=O) groups is 1. The van der Waals surface area contributed by atoms with Gasteiger partial charge in [0.2, 0.25) is 5.91 Å². The predicted molar refractivity (Wildman–Crippen MR) is 126 cm³/mol. The summed E-state index contributed by atoms with van der Waals surface area (Å²) >= 11 is 0. The summed E-state index contributed by atoms with van der Waals surface area (Å²) in [6.07, 6.45) is 4.68. The Labute approximate surface area is 190 Å². The molecule has 0 N–H and O–H groups in total. The van der Waals surface area contributed by atoms with Gasteiger partial charge in [0.1, 0.15) is 11.6 Å². The van der Waals surface area contributed by atoms with Crippen molar-refractivity contribution in [2.24, 2.45) is 0 Å². The fraction of sp³-hybridized carbons (Fsp3) is 0.370. The van der Waals surface area contributed by atoms with Crippen LogP contribution in [-0.2, 0) is 24.3 Å². The van der Waals surface area contributed by atoms with Gasteiger partial charge in [-0.15, -0.1) is 0 Å². The SMILES string of the molecule is Cc1nc(C2CCCCN2Cc2ccccc2)nc2c1CCC(=O)N2Cc1ccccc1. The first-order valence-electron chi connectivity index (χ1n) is 11.7. The highest BCUT2D eigenvalue weighted by atomic mass is 16.2. The van der Waals surface area contributed by atoms with Crippen LogP contribution in [0.4, 0.5) is 5.82 Å². The summed E-state index contributed by atoms with van der Waals surface area (Å²) in [6, 6.07) is 21.0. The lowest BCUT2D eigenvalue weighted by molar-refractivity contribution is -0.119. The van der Waals surface area contributed by atoms with Crippen molar-refractivity contribution in [3.8, 4) is 0 Å². The third-order valence-corrected chi connectivity index (χ3v) is 6.68. The van der Waals surface area contributed by atoms with Crippen LogP contribution in [0.3, 0.4) is 0 Å². The van der Waals surface area contributed by atoms with Crippen LogP contribution in [-0.4, -0.2) is 27.3 Å². The summed E-state index contributed by atoms with van der Waals surface area (Å²) in [5.41, 5.74) is 4.57. The molecule has 3 heterocycles. The second kappa shape index (κ2) is 9.21. The molecular weight excluding hydrogens is 396 g/mol. The van der Waals surface area contributed by atoms with Crippen molar-refractivity contribution in [2.45, 2.75) is 58.2 Å². The number of amides is 1. The molecule has 2 aliphatic heterocycles. The monoisotopic (exact) mass is 426 g/mol. The van der Waals surface area contributed by atoms with E-state index in [0.717, 1.165) is 54.4 Å². The quantitative estimate of drug-likeness (QED) is 0.577. The van der Waals surface area contributed by atoms with E-state index in [1.807, 2.05) is 23.1 Å². The predicted octanol–water partition coefficient (Wildman–Crippen LogP) is 4.99. The number of aryl methyl sites for hydroxylation is 1. The summed E-state index contributed by atoms with van der Waals surface area (Å²) in [5.74, 6) is 1.83. The molecule has 1 saturated heterocycles. The molecule has 3 aromatic rings. The van der Waals surface area contributed by atoms with E-state index in [1.54, 1.807) is 0 Å². The minimum Gasteiger partial charge on any atom is -0.292 e. The zero-order valence-corrected chi connectivity index (χ0v) is 18.7. The van der Waals surface area contributed by atoms with Crippen LogP contribution in [0.15, 0.2) is 60.7 Å². The highest BCUT2D eigenvalue weighted by Crippen LogP contribution is 2.35. The molecule has 5 heteroatoms. The van der Waals surface area contributed by atoms with Gasteiger partial charge in [-0.3, -0.25) is 14.6 Å². The van der Waals surface area contributed by atoms with Crippen LogP contribution in [0.25, 0.3) is 0 Å². The standard InChI is InChI=1S/C27H30N4O/c1-20-23-15-16-25(32)31(19-22-12-6-3-7-13-22)27(23)29-26(28-20)24-14-8-9-17-30(24)18-21-10-4-2-5-11-21/h2-7,10-13,24H,8-9,14-19H2,1H3. The lowest BCUT2D eigenvalue weighted by Gasteiger charge is -2.36. The minimum absolute atomic E-state index is 0.148. The third kappa shape index (κ3) is 4.30. The molecule has 2 aliphatic rings. The van der Waals surface area contributed by atoms with Gasteiger partial charge in [0, 0.05) is 24.2 Å². The molecule has 1 unspecified atom stereocenters. The molecular formula is C27H30N4O. The number of hydrogen-bond donors (Lipinski definition) is 0. The molecule has 2 aromatic carbocycles. The molecule has 0 radical (unpaired) electrons. The lowest BCUT2D eigenvalue weighted by Crippen LogP contribution is -2.38. The molecule has 0 saturated carbocycles.